The molecule has 0 aliphatic rings. The van der Waals surface area contributed by atoms with Crippen molar-refractivity contribution in [3.05, 3.63) is 35.4 Å². The fourth-order valence-corrected chi connectivity index (χ4v) is 1.28. The Bertz CT molecular complexity index is 473. The summed E-state index contributed by atoms with van der Waals surface area (Å²) in [5, 5.41) is 11.3. The highest BCUT2D eigenvalue weighted by Crippen LogP contribution is 2.03. The highest BCUT2D eigenvalue weighted by molar-refractivity contribution is 5.96. The second-order valence-electron chi connectivity index (χ2n) is 3.45. The van der Waals surface area contributed by atoms with E-state index in [1.54, 1.807) is 12.1 Å². The van der Waals surface area contributed by atoms with Crippen LogP contribution >= 0.6 is 0 Å². The lowest BCUT2D eigenvalue weighted by atomic mass is 10.1. The van der Waals surface area contributed by atoms with Crippen LogP contribution in [0.25, 0.3) is 0 Å². The molecule has 0 heterocycles. The predicted molar refractivity (Wildman–Crippen MR) is 64.7 cm³/mol. The molecule has 1 aromatic carbocycles. The number of nitrogens with one attached hydrogen (secondary N) is 1. The maximum Gasteiger partial charge on any atom is 0.330 e. The van der Waals surface area contributed by atoms with Gasteiger partial charge in [-0.05, 0) is 24.3 Å². The lowest BCUT2D eigenvalue weighted by Crippen LogP contribution is -2.44. The van der Waals surface area contributed by atoms with Gasteiger partial charge in [0.25, 0.3) is 5.91 Å². The van der Waals surface area contributed by atoms with Gasteiger partial charge < -0.3 is 15.2 Å². The zero-order valence-electron chi connectivity index (χ0n) is 9.84. The maximum atomic E-state index is 11.8. The molecule has 0 aliphatic heterocycles. The fourth-order valence-electron chi connectivity index (χ4n) is 1.28. The van der Waals surface area contributed by atoms with Crippen LogP contribution in [0.4, 0.5) is 0 Å². The zero-order chi connectivity index (χ0) is 13.5. The molecule has 0 aromatic heterocycles. The van der Waals surface area contributed by atoms with Crippen LogP contribution in [0, 0.1) is 12.3 Å². The van der Waals surface area contributed by atoms with Crippen molar-refractivity contribution in [3.8, 4) is 12.3 Å². The first-order valence-corrected chi connectivity index (χ1v) is 5.18. The van der Waals surface area contributed by atoms with E-state index in [9.17, 15) is 9.59 Å². The van der Waals surface area contributed by atoms with E-state index in [0.717, 1.165) is 0 Å². The van der Waals surface area contributed by atoms with Crippen LogP contribution in [0.15, 0.2) is 24.3 Å². The number of hydrogen-bond donors (Lipinski definition) is 2. The molecule has 0 saturated carbocycles. The van der Waals surface area contributed by atoms with Gasteiger partial charge in [0, 0.05) is 11.1 Å². The number of benzene rings is 1. The molecule has 0 aliphatic carbocycles. The molecule has 5 nitrogen and oxygen atoms in total. The summed E-state index contributed by atoms with van der Waals surface area (Å²) >= 11 is 0. The average Bonchev–Trinajstić information content (AvgIpc) is 2.43. The molecule has 0 bridgehead atoms. The number of methoxy groups -OCH3 is 1. The first kappa shape index (κ1) is 13.7. The molecule has 5 heteroatoms. The van der Waals surface area contributed by atoms with E-state index in [-0.39, 0.29) is 0 Å². The molecule has 1 unspecified atom stereocenters. The largest absolute Gasteiger partial charge is 0.467 e. The number of esters is 1. The summed E-state index contributed by atoms with van der Waals surface area (Å²) in [4.78, 5) is 22.9. The topological polar surface area (TPSA) is 75.6 Å². The van der Waals surface area contributed by atoms with E-state index in [2.05, 4.69) is 16.0 Å². The van der Waals surface area contributed by atoms with Gasteiger partial charge in [-0.3, -0.25) is 4.79 Å². The number of carbonyl (C=O) groups is 2. The van der Waals surface area contributed by atoms with Gasteiger partial charge in [-0.2, -0.15) is 0 Å². The smallest absolute Gasteiger partial charge is 0.330 e. The van der Waals surface area contributed by atoms with Gasteiger partial charge in [-0.1, -0.05) is 5.92 Å². The molecule has 0 fully saturated rings. The Morgan fingerprint density at radius 2 is 2.06 bits per heavy atom. The molecule has 1 atom stereocenters. The van der Waals surface area contributed by atoms with Crippen LogP contribution in [-0.4, -0.2) is 36.7 Å². The van der Waals surface area contributed by atoms with Crippen molar-refractivity contribution in [1.82, 2.24) is 5.32 Å². The van der Waals surface area contributed by atoms with E-state index in [0.29, 0.717) is 11.1 Å². The molecule has 1 aromatic rings. The minimum atomic E-state index is -1.07. The molecule has 94 valence electrons. The third kappa shape index (κ3) is 3.34. The van der Waals surface area contributed by atoms with Gasteiger partial charge in [-0.25, -0.2) is 4.79 Å². The Hall–Kier alpha value is -2.32. The van der Waals surface area contributed by atoms with Crippen LogP contribution < -0.4 is 5.32 Å². The van der Waals surface area contributed by atoms with E-state index in [1.807, 2.05) is 0 Å². The van der Waals surface area contributed by atoms with Crippen LogP contribution in [-0.2, 0) is 9.53 Å². The molecule has 18 heavy (non-hydrogen) atoms. The van der Waals surface area contributed by atoms with E-state index in [1.165, 1.54) is 19.2 Å². The Kier molecular flexibility index (Phi) is 4.90. The molecule has 1 rings (SSSR count). The van der Waals surface area contributed by atoms with Gasteiger partial charge in [0.05, 0.1) is 13.7 Å². The lowest BCUT2D eigenvalue weighted by Gasteiger charge is -2.13. The molecular weight excluding hydrogens is 234 g/mol. The Morgan fingerprint density at radius 1 is 1.44 bits per heavy atom. The molecule has 0 spiro atoms. The fraction of sp³-hybridized carbons (Fsp3) is 0.231. The summed E-state index contributed by atoms with van der Waals surface area (Å²) in [5.41, 5.74) is 0.995. The number of carbonyl (C=O) groups excluding carboxylic acids is 2. The maximum absolute atomic E-state index is 11.8. The Morgan fingerprint density at radius 3 is 2.50 bits per heavy atom. The third-order valence-electron chi connectivity index (χ3n) is 2.29. The van der Waals surface area contributed by atoms with Gasteiger partial charge in [0.2, 0.25) is 0 Å². The minimum absolute atomic E-state index is 0.344. The summed E-state index contributed by atoms with van der Waals surface area (Å²) in [7, 11) is 1.18. The van der Waals surface area contributed by atoms with Crippen LogP contribution in [0.2, 0.25) is 0 Å². The van der Waals surface area contributed by atoms with Crippen LogP contribution in [0.1, 0.15) is 15.9 Å². The summed E-state index contributed by atoms with van der Waals surface area (Å²) in [5.74, 6) is 1.24. The second kappa shape index (κ2) is 6.42. The number of terminal acetylenes is 1. The molecule has 2 N–H and O–H groups in total. The number of hydrogen-bond acceptors (Lipinski definition) is 4. The average molecular weight is 247 g/mol. The summed E-state index contributed by atoms with van der Waals surface area (Å²) in [6, 6.07) is 5.23. The van der Waals surface area contributed by atoms with Crippen molar-refractivity contribution in [2.45, 2.75) is 6.04 Å². The number of ether oxygens (including phenoxy) is 1. The minimum Gasteiger partial charge on any atom is -0.467 e. The SMILES string of the molecule is C#Cc1ccc(C(=O)NC(CO)C(=O)OC)cc1. The van der Waals surface area contributed by atoms with Crippen LogP contribution in [0.5, 0.6) is 0 Å². The van der Waals surface area contributed by atoms with Gasteiger partial charge >= 0.3 is 5.97 Å². The van der Waals surface area contributed by atoms with Crippen molar-refractivity contribution in [2.24, 2.45) is 0 Å². The highest BCUT2D eigenvalue weighted by atomic mass is 16.5. The molecule has 0 radical (unpaired) electrons. The van der Waals surface area contributed by atoms with Crippen molar-refractivity contribution in [3.63, 3.8) is 0 Å². The van der Waals surface area contributed by atoms with Gasteiger partial charge in [-0.15, -0.1) is 6.42 Å². The molecule has 1 amide bonds. The zero-order valence-corrected chi connectivity index (χ0v) is 9.84. The molecular formula is C13H13NO4. The number of rotatable bonds is 4. The monoisotopic (exact) mass is 247 g/mol. The van der Waals surface area contributed by atoms with Crippen molar-refractivity contribution in [1.29, 1.82) is 0 Å². The highest BCUT2D eigenvalue weighted by Gasteiger charge is 2.20. The molecule has 0 saturated heterocycles. The predicted octanol–water partition coefficient (Wildman–Crippen LogP) is -0.0684. The normalized spacial score (nSPS) is 11.2. The summed E-state index contributed by atoms with van der Waals surface area (Å²) < 4.78 is 4.44. The third-order valence-corrected chi connectivity index (χ3v) is 2.29. The van der Waals surface area contributed by atoms with E-state index < -0.39 is 24.5 Å². The number of aliphatic hydroxyl groups is 1. The quantitative estimate of drug-likeness (QED) is 0.577. The van der Waals surface area contributed by atoms with Crippen LogP contribution in [0.3, 0.4) is 0 Å². The van der Waals surface area contributed by atoms with Gasteiger partial charge in [0.1, 0.15) is 0 Å². The standard InChI is InChI=1S/C13H13NO4/c1-3-9-4-6-10(7-5-9)12(16)14-11(8-15)13(17)18-2/h1,4-7,11,15H,8H2,2H3,(H,14,16). The van der Waals surface area contributed by atoms with E-state index >= 15 is 0 Å². The van der Waals surface area contributed by atoms with Crippen molar-refractivity contribution >= 4 is 11.9 Å². The lowest BCUT2D eigenvalue weighted by molar-refractivity contribution is -0.143. The Balaban J connectivity index is 2.75. The van der Waals surface area contributed by atoms with Crippen molar-refractivity contribution < 1.29 is 19.4 Å². The first-order valence-electron chi connectivity index (χ1n) is 5.18. The number of aliphatic hydroxyl groups excluding tert-OH is 1. The first-order chi connectivity index (χ1) is 8.62. The second-order valence-corrected chi connectivity index (χ2v) is 3.45. The Labute approximate surface area is 105 Å². The number of amides is 1. The summed E-state index contributed by atoms with van der Waals surface area (Å²) in [6.07, 6.45) is 5.19. The summed E-state index contributed by atoms with van der Waals surface area (Å²) in [6.45, 7) is -0.527. The van der Waals surface area contributed by atoms with Gasteiger partial charge in [0.15, 0.2) is 6.04 Å². The van der Waals surface area contributed by atoms with E-state index in [4.69, 9.17) is 11.5 Å². The van der Waals surface area contributed by atoms with Crippen molar-refractivity contribution in [2.75, 3.05) is 13.7 Å².